The highest BCUT2D eigenvalue weighted by atomic mass is 32.2. The molecule has 0 bridgehead atoms. The summed E-state index contributed by atoms with van der Waals surface area (Å²) in [6.07, 6.45) is 2.87. The lowest BCUT2D eigenvalue weighted by atomic mass is 10.2. The number of hydrogen-bond acceptors (Lipinski definition) is 4. The maximum absolute atomic E-state index is 4.68. The Morgan fingerprint density at radius 3 is 2.69 bits per heavy atom. The maximum Gasteiger partial charge on any atom is 0.140 e. The van der Waals surface area contributed by atoms with Crippen molar-refractivity contribution in [2.45, 2.75) is 25.2 Å². The van der Waals surface area contributed by atoms with E-state index in [1.54, 1.807) is 11.9 Å². The third-order valence-electron chi connectivity index (χ3n) is 4.29. The molecule has 2 heterocycles. The van der Waals surface area contributed by atoms with Crippen molar-refractivity contribution < 1.29 is 0 Å². The molecular weight excluding hydrogens is 340 g/mol. The van der Waals surface area contributed by atoms with Crippen molar-refractivity contribution in [1.82, 2.24) is 14.8 Å². The summed E-state index contributed by atoms with van der Waals surface area (Å²) >= 11 is 1.59. The lowest BCUT2D eigenvalue weighted by molar-refractivity contribution is 0.878. The molecule has 0 fully saturated rings. The Labute approximate surface area is 157 Å². The molecule has 0 aliphatic rings. The fourth-order valence-corrected chi connectivity index (χ4v) is 3.57. The zero-order valence-corrected chi connectivity index (χ0v) is 15.6. The van der Waals surface area contributed by atoms with Gasteiger partial charge in [-0.3, -0.25) is 4.98 Å². The standard InChI is InChI=1S/C21H20N4S/c1-3-16-9-11-17(12-10-16)26-24-21-14-15(2)23-25(21)20-8-4-7-19-18(20)6-5-13-22-19/h4-14,24H,3H2,1-2H3. The van der Waals surface area contributed by atoms with Crippen LogP contribution < -0.4 is 4.72 Å². The van der Waals surface area contributed by atoms with E-state index in [0.717, 1.165) is 34.5 Å². The Morgan fingerprint density at radius 2 is 1.88 bits per heavy atom. The van der Waals surface area contributed by atoms with Crippen LogP contribution in [0.1, 0.15) is 18.2 Å². The van der Waals surface area contributed by atoms with Crippen LogP contribution >= 0.6 is 11.9 Å². The molecule has 0 atom stereocenters. The number of aryl methyl sites for hydroxylation is 2. The predicted octanol–water partition coefficient (Wildman–Crippen LogP) is 5.41. The average Bonchev–Trinajstić information content (AvgIpc) is 3.06. The van der Waals surface area contributed by atoms with Crippen LogP contribution in [0, 0.1) is 6.92 Å². The Bertz CT molecular complexity index is 1030. The second-order valence-corrected chi connectivity index (χ2v) is 7.01. The van der Waals surface area contributed by atoms with E-state index >= 15 is 0 Å². The van der Waals surface area contributed by atoms with Gasteiger partial charge in [0.1, 0.15) is 5.82 Å². The van der Waals surface area contributed by atoms with E-state index in [2.05, 4.69) is 64.2 Å². The van der Waals surface area contributed by atoms with Crippen molar-refractivity contribution >= 4 is 28.7 Å². The quantitative estimate of drug-likeness (QED) is 0.483. The first kappa shape index (κ1) is 16.7. The summed E-state index contributed by atoms with van der Waals surface area (Å²) in [4.78, 5) is 5.62. The number of hydrogen-bond donors (Lipinski definition) is 1. The smallest absolute Gasteiger partial charge is 0.140 e. The van der Waals surface area contributed by atoms with Crippen molar-refractivity contribution in [3.63, 3.8) is 0 Å². The zero-order valence-electron chi connectivity index (χ0n) is 14.8. The van der Waals surface area contributed by atoms with Crippen molar-refractivity contribution in [1.29, 1.82) is 0 Å². The van der Waals surface area contributed by atoms with Crippen LogP contribution in [-0.4, -0.2) is 14.8 Å². The molecule has 0 unspecified atom stereocenters. The van der Waals surface area contributed by atoms with E-state index in [1.807, 2.05) is 36.0 Å². The number of nitrogens with one attached hydrogen (secondary N) is 1. The van der Waals surface area contributed by atoms with Crippen LogP contribution in [0.2, 0.25) is 0 Å². The predicted molar refractivity (Wildman–Crippen MR) is 109 cm³/mol. The first-order chi connectivity index (χ1) is 12.7. The lowest BCUT2D eigenvalue weighted by Crippen LogP contribution is -2.02. The van der Waals surface area contributed by atoms with Gasteiger partial charge in [0.25, 0.3) is 0 Å². The Balaban J connectivity index is 1.66. The minimum atomic E-state index is 0.948. The van der Waals surface area contributed by atoms with Crippen molar-refractivity contribution in [2.75, 3.05) is 4.72 Å². The number of pyridine rings is 1. The van der Waals surface area contributed by atoms with E-state index in [4.69, 9.17) is 0 Å². The van der Waals surface area contributed by atoms with Crippen LogP contribution in [0.5, 0.6) is 0 Å². The van der Waals surface area contributed by atoms with Gasteiger partial charge in [-0.2, -0.15) is 5.10 Å². The third kappa shape index (κ3) is 3.30. The van der Waals surface area contributed by atoms with Gasteiger partial charge in [-0.05, 0) is 67.3 Å². The second kappa shape index (κ2) is 7.22. The maximum atomic E-state index is 4.68. The van der Waals surface area contributed by atoms with Gasteiger partial charge >= 0.3 is 0 Å². The minimum absolute atomic E-state index is 0.948. The van der Waals surface area contributed by atoms with Gasteiger partial charge < -0.3 is 4.72 Å². The molecular formula is C21H20N4S. The number of fused-ring (bicyclic) bond motifs is 1. The fraction of sp³-hybridized carbons (Fsp3) is 0.143. The lowest BCUT2D eigenvalue weighted by Gasteiger charge is -2.11. The monoisotopic (exact) mass is 360 g/mol. The molecule has 0 aliphatic carbocycles. The fourth-order valence-electron chi connectivity index (χ4n) is 2.93. The second-order valence-electron chi connectivity index (χ2n) is 6.13. The van der Waals surface area contributed by atoms with Gasteiger partial charge in [0.2, 0.25) is 0 Å². The molecule has 0 radical (unpaired) electrons. The summed E-state index contributed by atoms with van der Waals surface area (Å²) in [5.74, 6) is 0.948. The van der Waals surface area contributed by atoms with Gasteiger partial charge in [0.15, 0.2) is 0 Å². The molecule has 4 aromatic rings. The van der Waals surface area contributed by atoms with E-state index in [0.29, 0.717) is 0 Å². The molecule has 4 nitrogen and oxygen atoms in total. The molecule has 2 aromatic heterocycles. The van der Waals surface area contributed by atoms with Crippen molar-refractivity contribution in [3.8, 4) is 5.69 Å². The first-order valence-electron chi connectivity index (χ1n) is 8.67. The molecule has 0 amide bonds. The number of nitrogens with zero attached hydrogens (tertiary/aromatic N) is 3. The molecule has 0 aliphatic heterocycles. The highest BCUT2D eigenvalue weighted by molar-refractivity contribution is 8.00. The Hall–Kier alpha value is -2.79. The van der Waals surface area contributed by atoms with Gasteiger partial charge in [-0.15, -0.1) is 0 Å². The van der Waals surface area contributed by atoms with E-state index in [-0.39, 0.29) is 0 Å². The zero-order chi connectivity index (χ0) is 17.9. The third-order valence-corrected chi connectivity index (χ3v) is 5.11. The molecule has 5 heteroatoms. The molecule has 2 aromatic carbocycles. The van der Waals surface area contributed by atoms with Gasteiger partial charge in [-0.1, -0.05) is 25.1 Å². The molecule has 130 valence electrons. The molecule has 0 saturated carbocycles. The summed E-state index contributed by atoms with van der Waals surface area (Å²) < 4.78 is 5.40. The molecule has 1 N–H and O–H groups in total. The highest BCUT2D eigenvalue weighted by Crippen LogP contribution is 2.27. The molecule has 0 spiro atoms. The summed E-state index contributed by atoms with van der Waals surface area (Å²) in [5.41, 5.74) is 4.30. The van der Waals surface area contributed by atoms with Crippen molar-refractivity contribution in [2.24, 2.45) is 0 Å². The number of anilines is 1. The summed E-state index contributed by atoms with van der Waals surface area (Å²) in [6, 6.07) is 20.8. The topological polar surface area (TPSA) is 42.7 Å². The van der Waals surface area contributed by atoms with Crippen LogP contribution in [-0.2, 0) is 6.42 Å². The van der Waals surface area contributed by atoms with E-state index in [1.165, 1.54) is 10.5 Å². The largest absolute Gasteiger partial charge is 0.310 e. The van der Waals surface area contributed by atoms with Crippen LogP contribution in [0.15, 0.2) is 71.8 Å². The normalized spacial score (nSPS) is 11.0. The van der Waals surface area contributed by atoms with Crippen LogP contribution in [0.4, 0.5) is 5.82 Å². The summed E-state index contributed by atoms with van der Waals surface area (Å²) in [7, 11) is 0. The summed E-state index contributed by atoms with van der Waals surface area (Å²) in [5, 5.41) is 5.77. The molecule has 0 saturated heterocycles. The van der Waals surface area contributed by atoms with Crippen LogP contribution in [0.3, 0.4) is 0 Å². The first-order valence-corrected chi connectivity index (χ1v) is 9.49. The van der Waals surface area contributed by atoms with Crippen molar-refractivity contribution in [3.05, 3.63) is 78.1 Å². The Kier molecular flexibility index (Phi) is 4.63. The average molecular weight is 360 g/mol. The van der Waals surface area contributed by atoms with Gasteiger partial charge in [0, 0.05) is 22.5 Å². The highest BCUT2D eigenvalue weighted by Gasteiger charge is 2.11. The van der Waals surface area contributed by atoms with Gasteiger partial charge in [-0.25, -0.2) is 4.68 Å². The SMILES string of the molecule is CCc1ccc(SNc2cc(C)nn2-c2cccc3ncccc23)cc1. The number of aromatic nitrogens is 3. The Morgan fingerprint density at radius 1 is 1.04 bits per heavy atom. The minimum Gasteiger partial charge on any atom is -0.310 e. The van der Waals surface area contributed by atoms with Crippen LogP contribution in [0.25, 0.3) is 16.6 Å². The molecule has 26 heavy (non-hydrogen) atoms. The summed E-state index contributed by atoms with van der Waals surface area (Å²) in [6.45, 7) is 4.17. The van der Waals surface area contributed by atoms with E-state index in [9.17, 15) is 0 Å². The number of rotatable bonds is 5. The molecule has 4 rings (SSSR count). The number of benzene rings is 2. The van der Waals surface area contributed by atoms with Gasteiger partial charge in [0.05, 0.1) is 16.9 Å². The van der Waals surface area contributed by atoms with E-state index < -0.39 is 0 Å².